The van der Waals surface area contributed by atoms with Crippen molar-refractivity contribution >= 4 is 11.8 Å². The number of hydrogen-bond donors (Lipinski definition) is 0. The second kappa shape index (κ2) is 7.19. The molecule has 0 radical (unpaired) electrons. The molecule has 2 heterocycles. The topological polar surface area (TPSA) is 40.6 Å². The highest BCUT2D eigenvalue weighted by Crippen LogP contribution is 2.40. The predicted octanol–water partition coefficient (Wildman–Crippen LogP) is 3.38. The van der Waals surface area contributed by atoms with Crippen molar-refractivity contribution in [2.24, 2.45) is 11.3 Å². The van der Waals surface area contributed by atoms with E-state index in [0.717, 1.165) is 32.4 Å². The first-order valence-electron chi connectivity index (χ1n) is 9.52. The summed E-state index contributed by atoms with van der Waals surface area (Å²) >= 11 is 0. The third kappa shape index (κ3) is 3.88. The Bertz CT molecular complexity index is 655. The van der Waals surface area contributed by atoms with E-state index in [9.17, 15) is 9.59 Å². The van der Waals surface area contributed by atoms with Gasteiger partial charge in [0.25, 0.3) is 0 Å². The molecule has 0 aliphatic carbocycles. The minimum absolute atomic E-state index is 0.204. The lowest BCUT2D eigenvalue weighted by molar-refractivity contribution is -0.146. The summed E-state index contributed by atoms with van der Waals surface area (Å²) in [6.07, 6.45) is 3.35. The molecule has 0 bridgehead atoms. The van der Waals surface area contributed by atoms with Gasteiger partial charge in [-0.25, -0.2) is 0 Å². The number of amides is 2. The van der Waals surface area contributed by atoms with Crippen molar-refractivity contribution in [2.75, 3.05) is 19.6 Å². The number of hydrogen-bond acceptors (Lipinski definition) is 2. The van der Waals surface area contributed by atoms with Gasteiger partial charge in [0.1, 0.15) is 0 Å². The Labute approximate surface area is 151 Å². The Morgan fingerprint density at radius 3 is 2.76 bits per heavy atom. The van der Waals surface area contributed by atoms with E-state index in [1.807, 2.05) is 9.80 Å². The number of carbonyl (C=O) groups excluding carboxylic acids is 2. The molecular weight excluding hydrogens is 312 g/mol. The quantitative estimate of drug-likeness (QED) is 0.841. The van der Waals surface area contributed by atoms with Crippen molar-refractivity contribution in [3.8, 4) is 0 Å². The number of aryl methyl sites for hydroxylation is 1. The molecule has 2 aliphatic heterocycles. The zero-order valence-corrected chi connectivity index (χ0v) is 15.8. The lowest BCUT2D eigenvalue weighted by Gasteiger charge is -2.39. The molecule has 3 rings (SSSR count). The summed E-state index contributed by atoms with van der Waals surface area (Å²) in [6.45, 7) is 9.07. The van der Waals surface area contributed by atoms with Crippen LogP contribution in [0.1, 0.15) is 50.7 Å². The molecule has 136 valence electrons. The van der Waals surface area contributed by atoms with E-state index in [1.165, 1.54) is 11.1 Å². The molecule has 2 saturated heterocycles. The smallest absolute Gasteiger partial charge is 0.230 e. The highest BCUT2D eigenvalue weighted by Gasteiger charge is 2.49. The fourth-order valence-electron chi connectivity index (χ4n) is 4.28. The fourth-order valence-corrected chi connectivity index (χ4v) is 4.28. The molecule has 2 amide bonds. The number of piperidine rings is 1. The molecule has 1 aromatic carbocycles. The van der Waals surface area contributed by atoms with Gasteiger partial charge in [-0.3, -0.25) is 9.59 Å². The zero-order valence-electron chi connectivity index (χ0n) is 15.8. The molecular formula is C21H30N2O2. The second-order valence-corrected chi connectivity index (χ2v) is 8.26. The average molecular weight is 342 g/mol. The van der Waals surface area contributed by atoms with Gasteiger partial charge in [-0.2, -0.15) is 0 Å². The molecule has 0 N–H and O–H groups in total. The van der Waals surface area contributed by atoms with Crippen LogP contribution in [0.2, 0.25) is 0 Å². The molecule has 0 aromatic heterocycles. The summed E-state index contributed by atoms with van der Waals surface area (Å²) in [5, 5.41) is 0. The first kappa shape index (κ1) is 18.0. The normalized spacial score (nSPS) is 23.8. The highest BCUT2D eigenvalue weighted by molar-refractivity contribution is 5.86. The Kier molecular flexibility index (Phi) is 5.16. The zero-order chi connectivity index (χ0) is 18.0. The largest absolute Gasteiger partial charge is 0.342 e. The molecule has 0 saturated carbocycles. The van der Waals surface area contributed by atoms with Crippen LogP contribution in [-0.2, 0) is 16.1 Å². The third-order valence-electron chi connectivity index (χ3n) is 5.57. The highest BCUT2D eigenvalue weighted by atomic mass is 16.2. The lowest BCUT2D eigenvalue weighted by Crippen LogP contribution is -2.50. The summed E-state index contributed by atoms with van der Waals surface area (Å²) < 4.78 is 0. The Balaban J connectivity index is 1.69. The summed E-state index contributed by atoms with van der Waals surface area (Å²) in [5.41, 5.74) is 2.08. The van der Waals surface area contributed by atoms with Crippen LogP contribution < -0.4 is 0 Å². The Morgan fingerprint density at radius 2 is 2.04 bits per heavy atom. The predicted molar refractivity (Wildman–Crippen MR) is 98.9 cm³/mol. The molecule has 25 heavy (non-hydrogen) atoms. The number of benzene rings is 1. The van der Waals surface area contributed by atoms with E-state index in [0.29, 0.717) is 25.4 Å². The maximum Gasteiger partial charge on any atom is 0.230 e. The van der Waals surface area contributed by atoms with Crippen molar-refractivity contribution < 1.29 is 9.59 Å². The summed E-state index contributed by atoms with van der Waals surface area (Å²) in [6, 6.07) is 8.38. The number of rotatable bonds is 4. The van der Waals surface area contributed by atoms with E-state index >= 15 is 0 Å². The van der Waals surface area contributed by atoms with Crippen LogP contribution in [0.25, 0.3) is 0 Å². The molecule has 2 fully saturated rings. The van der Waals surface area contributed by atoms with Crippen molar-refractivity contribution in [1.29, 1.82) is 0 Å². The van der Waals surface area contributed by atoms with Crippen LogP contribution in [-0.4, -0.2) is 41.2 Å². The number of nitrogens with zero attached hydrogens (tertiary/aromatic N) is 2. The van der Waals surface area contributed by atoms with Gasteiger partial charge in [-0.05, 0) is 37.7 Å². The molecule has 1 aromatic rings. The van der Waals surface area contributed by atoms with Gasteiger partial charge < -0.3 is 9.80 Å². The molecule has 1 atom stereocenters. The third-order valence-corrected chi connectivity index (χ3v) is 5.57. The van der Waals surface area contributed by atoms with Crippen LogP contribution in [0.5, 0.6) is 0 Å². The van der Waals surface area contributed by atoms with Crippen molar-refractivity contribution in [3.63, 3.8) is 0 Å². The van der Waals surface area contributed by atoms with E-state index in [-0.39, 0.29) is 17.2 Å². The van der Waals surface area contributed by atoms with Gasteiger partial charge in [0.15, 0.2) is 0 Å². The van der Waals surface area contributed by atoms with E-state index in [2.05, 4.69) is 45.0 Å². The van der Waals surface area contributed by atoms with Crippen LogP contribution in [0.3, 0.4) is 0 Å². The van der Waals surface area contributed by atoms with Gasteiger partial charge in [-0.1, -0.05) is 43.7 Å². The fraction of sp³-hybridized carbons (Fsp3) is 0.619. The van der Waals surface area contributed by atoms with Crippen molar-refractivity contribution in [2.45, 2.75) is 53.0 Å². The number of likely N-dealkylation sites (tertiary alicyclic amines) is 2. The first-order valence-corrected chi connectivity index (χ1v) is 9.52. The second-order valence-electron chi connectivity index (χ2n) is 8.26. The maximum atomic E-state index is 13.2. The minimum Gasteiger partial charge on any atom is -0.342 e. The standard InChI is InChI=1S/C21H30N2O2/c1-16(2)12-19(24)23-11-9-21(15-23)8-5-10-22(20(21)25)14-18-7-4-6-17(3)13-18/h4,6-7,13,16H,5,8-12,14-15H2,1-3H3/t21-/m0/s1. The lowest BCUT2D eigenvalue weighted by atomic mass is 9.78. The van der Waals surface area contributed by atoms with Crippen LogP contribution in [0, 0.1) is 18.3 Å². The van der Waals surface area contributed by atoms with Gasteiger partial charge in [0.2, 0.25) is 11.8 Å². The van der Waals surface area contributed by atoms with Crippen LogP contribution >= 0.6 is 0 Å². The summed E-state index contributed by atoms with van der Waals surface area (Å²) in [5.74, 6) is 0.819. The van der Waals surface area contributed by atoms with Crippen molar-refractivity contribution in [1.82, 2.24) is 9.80 Å². The van der Waals surface area contributed by atoms with Gasteiger partial charge in [-0.15, -0.1) is 0 Å². The molecule has 4 nitrogen and oxygen atoms in total. The van der Waals surface area contributed by atoms with Gasteiger partial charge in [0, 0.05) is 32.6 Å². The van der Waals surface area contributed by atoms with Gasteiger partial charge >= 0.3 is 0 Å². The van der Waals surface area contributed by atoms with E-state index < -0.39 is 0 Å². The maximum absolute atomic E-state index is 13.2. The van der Waals surface area contributed by atoms with Crippen LogP contribution in [0.15, 0.2) is 24.3 Å². The van der Waals surface area contributed by atoms with Gasteiger partial charge in [0.05, 0.1) is 5.41 Å². The SMILES string of the molecule is Cc1cccc(CN2CCC[C@@]3(CCN(C(=O)CC(C)C)C3)C2=O)c1. The number of carbonyl (C=O) groups is 2. The molecule has 4 heteroatoms. The minimum atomic E-state index is -0.339. The Hall–Kier alpha value is -1.84. The molecule has 2 aliphatic rings. The van der Waals surface area contributed by atoms with E-state index in [4.69, 9.17) is 0 Å². The van der Waals surface area contributed by atoms with E-state index in [1.54, 1.807) is 0 Å². The Morgan fingerprint density at radius 1 is 1.24 bits per heavy atom. The van der Waals surface area contributed by atoms with Crippen LogP contribution in [0.4, 0.5) is 0 Å². The average Bonchev–Trinajstić information content (AvgIpc) is 2.97. The molecule has 0 unspecified atom stereocenters. The first-order chi connectivity index (χ1) is 11.9. The van der Waals surface area contributed by atoms with Crippen molar-refractivity contribution in [3.05, 3.63) is 35.4 Å². The monoisotopic (exact) mass is 342 g/mol. The molecule has 1 spiro atoms. The summed E-state index contributed by atoms with van der Waals surface area (Å²) in [4.78, 5) is 29.5. The summed E-state index contributed by atoms with van der Waals surface area (Å²) in [7, 11) is 0.